The van der Waals surface area contributed by atoms with Crippen LogP contribution in [0, 0.1) is 13.8 Å². The molecule has 0 saturated heterocycles. The molecular weight excluding hydrogens is 356 g/mol. The van der Waals surface area contributed by atoms with E-state index in [0.29, 0.717) is 12.3 Å². The Labute approximate surface area is 164 Å². The standard InChI is InChI=1S/C21H24N4OS/c1-16-7-6-9-19(17(16)2)25-14-12-23-21(25)27-15-20(26)24(3)13-10-18-8-4-5-11-22-18/h4-9,11-12,14H,10,13,15H2,1-3H3. The highest BCUT2D eigenvalue weighted by molar-refractivity contribution is 7.99. The molecule has 27 heavy (non-hydrogen) atoms. The zero-order valence-electron chi connectivity index (χ0n) is 15.9. The van der Waals surface area contributed by atoms with Gasteiger partial charge in [-0.3, -0.25) is 14.3 Å². The minimum absolute atomic E-state index is 0.0893. The molecule has 0 aliphatic heterocycles. The Kier molecular flexibility index (Phi) is 6.29. The van der Waals surface area contributed by atoms with E-state index in [1.165, 1.54) is 22.9 Å². The summed E-state index contributed by atoms with van der Waals surface area (Å²) in [6.07, 6.45) is 6.25. The molecule has 1 amide bonds. The van der Waals surface area contributed by atoms with Gasteiger partial charge in [0.2, 0.25) is 5.91 Å². The van der Waals surface area contributed by atoms with Crippen molar-refractivity contribution in [2.24, 2.45) is 0 Å². The highest BCUT2D eigenvalue weighted by Crippen LogP contribution is 2.24. The van der Waals surface area contributed by atoms with E-state index < -0.39 is 0 Å². The number of benzene rings is 1. The number of thioether (sulfide) groups is 1. The van der Waals surface area contributed by atoms with Crippen LogP contribution in [0.3, 0.4) is 0 Å². The Morgan fingerprint density at radius 1 is 1.11 bits per heavy atom. The second-order valence-electron chi connectivity index (χ2n) is 6.47. The number of rotatable bonds is 7. The Hall–Kier alpha value is -2.60. The molecule has 6 heteroatoms. The molecule has 2 heterocycles. The number of imidazole rings is 1. The second-order valence-corrected chi connectivity index (χ2v) is 7.42. The molecule has 0 saturated carbocycles. The van der Waals surface area contributed by atoms with Crippen LogP contribution < -0.4 is 0 Å². The number of aromatic nitrogens is 3. The minimum Gasteiger partial charge on any atom is -0.345 e. The van der Waals surface area contributed by atoms with Crippen molar-refractivity contribution in [2.75, 3.05) is 19.3 Å². The molecule has 3 rings (SSSR count). The van der Waals surface area contributed by atoms with Crippen LogP contribution in [0.5, 0.6) is 0 Å². The van der Waals surface area contributed by atoms with Crippen LogP contribution in [-0.4, -0.2) is 44.7 Å². The van der Waals surface area contributed by atoms with Crippen LogP contribution >= 0.6 is 11.8 Å². The van der Waals surface area contributed by atoms with Gasteiger partial charge in [-0.25, -0.2) is 4.98 Å². The number of amides is 1. The minimum atomic E-state index is 0.0893. The van der Waals surface area contributed by atoms with E-state index in [9.17, 15) is 4.79 Å². The van der Waals surface area contributed by atoms with Gasteiger partial charge in [0, 0.05) is 44.3 Å². The maximum Gasteiger partial charge on any atom is 0.232 e. The SMILES string of the molecule is Cc1cccc(-n2ccnc2SCC(=O)N(C)CCc2ccccn2)c1C. The van der Waals surface area contributed by atoms with E-state index in [4.69, 9.17) is 0 Å². The lowest BCUT2D eigenvalue weighted by molar-refractivity contribution is -0.127. The molecule has 140 valence electrons. The summed E-state index contributed by atoms with van der Waals surface area (Å²) in [4.78, 5) is 23.0. The Balaban J connectivity index is 1.60. The van der Waals surface area contributed by atoms with Crippen LogP contribution in [-0.2, 0) is 11.2 Å². The van der Waals surface area contributed by atoms with Gasteiger partial charge < -0.3 is 4.90 Å². The Bertz CT molecular complexity index is 908. The van der Waals surface area contributed by atoms with Crippen molar-refractivity contribution in [3.8, 4) is 5.69 Å². The van der Waals surface area contributed by atoms with Gasteiger partial charge >= 0.3 is 0 Å². The molecule has 0 fully saturated rings. The fraction of sp³-hybridized carbons (Fsp3) is 0.286. The Morgan fingerprint density at radius 3 is 2.74 bits per heavy atom. The van der Waals surface area contributed by atoms with Crippen LogP contribution in [0.25, 0.3) is 5.69 Å². The van der Waals surface area contributed by atoms with E-state index in [2.05, 4.69) is 35.9 Å². The first-order valence-corrected chi connectivity index (χ1v) is 9.91. The maximum atomic E-state index is 12.5. The fourth-order valence-electron chi connectivity index (χ4n) is 2.77. The van der Waals surface area contributed by atoms with Gasteiger partial charge in [-0.2, -0.15) is 0 Å². The van der Waals surface area contributed by atoms with Crippen LogP contribution in [0.15, 0.2) is 60.1 Å². The third kappa shape index (κ3) is 4.77. The second kappa shape index (κ2) is 8.86. The van der Waals surface area contributed by atoms with Crippen LogP contribution in [0.4, 0.5) is 0 Å². The number of aryl methyl sites for hydroxylation is 1. The lowest BCUT2D eigenvalue weighted by Crippen LogP contribution is -2.30. The lowest BCUT2D eigenvalue weighted by Gasteiger charge is -2.17. The van der Waals surface area contributed by atoms with Gasteiger partial charge in [0.25, 0.3) is 0 Å². The third-order valence-electron chi connectivity index (χ3n) is 4.62. The van der Waals surface area contributed by atoms with E-state index in [1.807, 2.05) is 42.1 Å². The first-order chi connectivity index (χ1) is 13.1. The number of nitrogens with zero attached hydrogens (tertiary/aromatic N) is 4. The summed E-state index contributed by atoms with van der Waals surface area (Å²) in [7, 11) is 1.84. The van der Waals surface area contributed by atoms with Crippen LogP contribution in [0.1, 0.15) is 16.8 Å². The molecule has 3 aromatic rings. The topological polar surface area (TPSA) is 51.0 Å². The maximum absolute atomic E-state index is 12.5. The smallest absolute Gasteiger partial charge is 0.232 e. The van der Waals surface area contributed by atoms with Crippen molar-refractivity contribution in [2.45, 2.75) is 25.4 Å². The quantitative estimate of drug-likeness (QED) is 0.587. The summed E-state index contributed by atoms with van der Waals surface area (Å²) in [5.74, 6) is 0.451. The van der Waals surface area contributed by atoms with Gasteiger partial charge in [0.05, 0.1) is 11.4 Å². The van der Waals surface area contributed by atoms with E-state index in [-0.39, 0.29) is 5.91 Å². The van der Waals surface area contributed by atoms with E-state index >= 15 is 0 Å². The zero-order valence-corrected chi connectivity index (χ0v) is 16.7. The molecule has 0 bridgehead atoms. The molecular formula is C21H24N4OS. The number of carbonyl (C=O) groups is 1. The fourth-order valence-corrected chi connectivity index (χ4v) is 3.67. The van der Waals surface area contributed by atoms with Crippen LogP contribution in [0.2, 0.25) is 0 Å². The number of hydrogen-bond donors (Lipinski definition) is 0. The molecule has 0 atom stereocenters. The van der Waals surface area contributed by atoms with Crippen molar-refractivity contribution >= 4 is 17.7 Å². The summed E-state index contributed by atoms with van der Waals surface area (Å²) in [6.45, 7) is 4.86. The van der Waals surface area contributed by atoms with E-state index in [0.717, 1.165) is 23.0 Å². The number of hydrogen-bond acceptors (Lipinski definition) is 4. The van der Waals surface area contributed by atoms with E-state index in [1.54, 1.807) is 17.3 Å². The van der Waals surface area contributed by atoms with Crippen molar-refractivity contribution < 1.29 is 4.79 Å². The lowest BCUT2D eigenvalue weighted by atomic mass is 10.1. The third-order valence-corrected chi connectivity index (χ3v) is 5.57. The summed E-state index contributed by atoms with van der Waals surface area (Å²) >= 11 is 1.47. The predicted molar refractivity (Wildman–Crippen MR) is 109 cm³/mol. The zero-order chi connectivity index (χ0) is 19.2. The highest BCUT2D eigenvalue weighted by atomic mass is 32.2. The highest BCUT2D eigenvalue weighted by Gasteiger charge is 2.14. The number of likely N-dealkylation sites (N-methyl/N-ethyl adjacent to an activating group) is 1. The largest absolute Gasteiger partial charge is 0.345 e. The van der Waals surface area contributed by atoms with Crippen molar-refractivity contribution in [3.05, 3.63) is 71.8 Å². The first-order valence-electron chi connectivity index (χ1n) is 8.93. The Morgan fingerprint density at radius 2 is 1.96 bits per heavy atom. The molecule has 0 unspecified atom stereocenters. The first kappa shape index (κ1) is 19.2. The van der Waals surface area contributed by atoms with Gasteiger partial charge in [0.1, 0.15) is 0 Å². The summed E-state index contributed by atoms with van der Waals surface area (Å²) < 4.78 is 2.05. The summed E-state index contributed by atoms with van der Waals surface area (Å²) in [5.41, 5.74) is 4.56. The van der Waals surface area contributed by atoms with Gasteiger partial charge in [0.15, 0.2) is 5.16 Å². The average Bonchev–Trinajstić information content (AvgIpc) is 3.15. The van der Waals surface area contributed by atoms with Gasteiger partial charge in [-0.15, -0.1) is 0 Å². The summed E-state index contributed by atoms with van der Waals surface area (Å²) in [5, 5.41) is 0.829. The molecule has 0 aliphatic rings. The number of carbonyl (C=O) groups excluding carboxylic acids is 1. The van der Waals surface area contributed by atoms with Gasteiger partial charge in [-0.1, -0.05) is 30.0 Å². The molecule has 2 aromatic heterocycles. The molecule has 0 spiro atoms. The normalized spacial score (nSPS) is 10.8. The molecule has 0 aliphatic carbocycles. The van der Waals surface area contributed by atoms with Crippen molar-refractivity contribution in [1.29, 1.82) is 0 Å². The molecule has 0 N–H and O–H groups in total. The van der Waals surface area contributed by atoms with Gasteiger partial charge in [-0.05, 0) is 43.2 Å². The molecule has 0 radical (unpaired) electrons. The summed E-state index contributed by atoms with van der Waals surface area (Å²) in [6, 6.07) is 12.1. The average molecular weight is 381 g/mol. The number of pyridine rings is 1. The monoisotopic (exact) mass is 380 g/mol. The van der Waals surface area contributed by atoms with Crippen molar-refractivity contribution in [1.82, 2.24) is 19.4 Å². The molecule has 5 nitrogen and oxygen atoms in total. The predicted octanol–water partition coefficient (Wildman–Crippen LogP) is 3.68. The molecule has 1 aromatic carbocycles. The van der Waals surface area contributed by atoms with Crippen molar-refractivity contribution in [3.63, 3.8) is 0 Å².